The summed E-state index contributed by atoms with van der Waals surface area (Å²) in [5.41, 5.74) is 2.48. The minimum atomic E-state index is -0.708. The van der Waals surface area contributed by atoms with Gasteiger partial charge in [-0.15, -0.1) is 0 Å². The lowest BCUT2D eigenvalue weighted by molar-refractivity contribution is 0.101. The van der Waals surface area contributed by atoms with Gasteiger partial charge in [0.2, 0.25) is 0 Å². The fraction of sp³-hybridized carbons (Fsp3) is 0. The highest BCUT2D eigenvalue weighted by Gasteiger charge is 2.15. The number of hydrogen-bond donors (Lipinski definition) is 8. The molecule has 10 heteroatoms. The first-order valence-electron chi connectivity index (χ1n) is 10.5. The Balaban J connectivity index is 1.42. The molecule has 36 heavy (non-hydrogen) atoms. The Bertz CT molecular complexity index is 1310. The summed E-state index contributed by atoms with van der Waals surface area (Å²) in [6.45, 7) is 0. The first-order valence-corrected chi connectivity index (χ1v) is 10.5. The van der Waals surface area contributed by atoms with Crippen LogP contribution in [0, 0.1) is 0 Å². The summed E-state index contributed by atoms with van der Waals surface area (Å²) in [7, 11) is 0. The highest BCUT2D eigenvalue weighted by atomic mass is 16.3. The molecule has 0 aliphatic heterocycles. The second-order valence-electron chi connectivity index (χ2n) is 7.79. The van der Waals surface area contributed by atoms with Gasteiger partial charge in [-0.25, -0.2) is 0 Å². The third-order valence-electron chi connectivity index (χ3n) is 5.28. The Morgan fingerprint density at radius 2 is 0.750 bits per heavy atom. The summed E-state index contributed by atoms with van der Waals surface area (Å²) in [6, 6.07) is 17.8. The van der Waals surface area contributed by atoms with Crippen molar-refractivity contribution >= 4 is 23.2 Å². The maximum absolute atomic E-state index is 12.4. The van der Waals surface area contributed by atoms with Gasteiger partial charge in [-0.05, 0) is 59.7 Å². The predicted molar refractivity (Wildman–Crippen MR) is 131 cm³/mol. The Morgan fingerprint density at radius 1 is 0.472 bits per heavy atom. The molecule has 0 atom stereocenters. The quantitative estimate of drug-likeness (QED) is 0.193. The van der Waals surface area contributed by atoms with Crippen LogP contribution in [0.3, 0.4) is 0 Å². The van der Waals surface area contributed by atoms with Crippen LogP contribution in [0.25, 0.3) is 11.1 Å². The van der Waals surface area contributed by atoms with Crippen molar-refractivity contribution in [2.75, 3.05) is 10.6 Å². The molecule has 4 aromatic carbocycles. The second kappa shape index (κ2) is 9.47. The number of phenolic OH excluding ortho intramolecular Hbond substituents is 6. The fourth-order valence-electron chi connectivity index (χ4n) is 3.37. The summed E-state index contributed by atoms with van der Waals surface area (Å²) in [5, 5.41) is 62.4. The number of carbonyl (C=O) groups excluding carboxylic acids is 2. The number of benzene rings is 4. The Hall–Kier alpha value is -5.38. The summed E-state index contributed by atoms with van der Waals surface area (Å²) in [5.74, 6) is -5.07. The number of phenols is 6. The van der Waals surface area contributed by atoms with Gasteiger partial charge in [0.15, 0.2) is 34.5 Å². The van der Waals surface area contributed by atoms with Gasteiger partial charge in [0.1, 0.15) is 0 Å². The summed E-state index contributed by atoms with van der Waals surface area (Å²) in [4.78, 5) is 24.8. The number of carbonyl (C=O) groups is 2. The van der Waals surface area contributed by atoms with Crippen LogP contribution in [-0.4, -0.2) is 42.5 Å². The van der Waals surface area contributed by atoms with Crippen LogP contribution in [0.2, 0.25) is 0 Å². The third-order valence-corrected chi connectivity index (χ3v) is 5.28. The van der Waals surface area contributed by atoms with Gasteiger partial charge in [0, 0.05) is 22.5 Å². The molecule has 0 aliphatic carbocycles. The molecule has 0 saturated heterocycles. The molecule has 182 valence electrons. The highest BCUT2D eigenvalue weighted by molar-refractivity contribution is 6.06. The zero-order valence-electron chi connectivity index (χ0n) is 18.4. The van der Waals surface area contributed by atoms with Crippen molar-refractivity contribution in [1.82, 2.24) is 0 Å². The lowest BCUT2D eigenvalue weighted by atomic mass is 10.0. The molecule has 0 spiro atoms. The lowest BCUT2D eigenvalue weighted by Crippen LogP contribution is -2.11. The molecule has 4 aromatic rings. The molecule has 4 rings (SSSR count). The zero-order chi connectivity index (χ0) is 26.0. The van der Waals surface area contributed by atoms with E-state index in [0.29, 0.717) is 11.4 Å². The van der Waals surface area contributed by atoms with Crippen molar-refractivity contribution in [1.29, 1.82) is 0 Å². The largest absolute Gasteiger partial charge is 0.504 e. The van der Waals surface area contributed by atoms with E-state index in [1.165, 1.54) is 0 Å². The SMILES string of the molecule is O=C(Nc1ccc(-c2ccc(NC(=O)c3cc(O)c(O)c(O)c3)cc2)cc1)c1cc(O)c(O)c(O)c1. The summed E-state index contributed by atoms with van der Waals surface area (Å²) in [6.07, 6.45) is 0. The minimum absolute atomic E-state index is 0.0396. The fourth-order valence-corrected chi connectivity index (χ4v) is 3.37. The Morgan fingerprint density at radius 3 is 1.03 bits per heavy atom. The van der Waals surface area contributed by atoms with E-state index in [1.807, 2.05) is 0 Å². The average Bonchev–Trinajstić information content (AvgIpc) is 2.86. The summed E-state index contributed by atoms with van der Waals surface area (Å²) >= 11 is 0. The zero-order valence-corrected chi connectivity index (χ0v) is 18.4. The average molecular weight is 488 g/mol. The van der Waals surface area contributed by atoms with Crippen LogP contribution in [0.15, 0.2) is 72.8 Å². The van der Waals surface area contributed by atoms with Gasteiger partial charge >= 0.3 is 0 Å². The monoisotopic (exact) mass is 488 g/mol. The lowest BCUT2D eigenvalue weighted by Gasteiger charge is -2.10. The third kappa shape index (κ3) is 4.92. The van der Waals surface area contributed by atoms with Gasteiger partial charge in [0.05, 0.1) is 0 Å². The van der Waals surface area contributed by atoms with E-state index in [-0.39, 0.29) is 11.1 Å². The molecule has 10 nitrogen and oxygen atoms in total. The smallest absolute Gasteiger partial charge is 0.255 e. The molecule has 0 radical (unpaired) electrons. The van der Waals surface area contributed by atoms with Crippen molar-refractivity contribution < 1.29 is 40.2 Å². The summed E-state index contributed by atoms with van der Waals surface area (Å²) < 4.78 is 0. The van der Waals surface area contributed by atoms with Crippen LogP contribution < -0.4 is 10.6 Å². The van der Waals surface area contributed by atoms with Gasteiger partial charge in [-0.3, -0.25) is 9.59 Å². The molecule has 0 aliphatic rings. The van der Waals surface area contributed by atoms with Gasteiger partial charge in [-0.2, -0.15) is 0 Å². The van der Waals surface area contributed by atoms with Crippen LogP contribution in [-0.2, 0) is 0 Å². The number of anilines is 2. The van der Waals surface area contributed by atoms with E-state index in [1.54, 1.807) is 48.5 Å². The van der Waals surface area contributed by atoms with Crippen molar-refractivity contribution in [3.05, 3.63) is 83.9 Å². The Kier molecular flexibility index (Phi) is 6.25. The molecular formula is C26H20N2O8. The highest BCUT2D eigenvalue weighted by Crippen LogP contribution is 2.36. The molecule has 0 fully saturated rings. The first-order chi connectivity index (χ1) is 17.1. The van der Waals surface area contributed by atoms with E-state index < -0.39 is 46.3 Å². The number of rotatable bonds is 5. The van der Waals surface area contributed by atoms with E-state index in [2.05, 4.69) is 10.6 Å². The van der Waals surface area contributed by atoms with E-state index in [9.17, 15) is 40.2 Å². The Labute approximate surface area is 204 Å². The van der Waals surface area contributed by atoms with E-state index in [0.717, 1.165) is 35.4 Å². The van der Waals surface area contributed by atoms with Crippen LogP contribution in [0.1, 0.15) is 20.7 Å². The van der Waals surface area contributed by atoms with Crippen molar-refractivity contribution in [3.8, 4) is 45.6 Å². The molecular weight excluding hydrogens is 468 g/mol. The molecule has 0 bridgehead atoms. The van der Waals surface area contributed by atoms with Crippen molar-refractivity contribution in [3.63, 3.8) is 0 Å². The minimum Gasteiger partial charge on any atom is -0.504 e. The maximum atomic E-state index is 12.4. The number of aromatic hydroxyl groups is 6. The first kappa shape index (κ1) is 23.8. The van der Waals surface area contributed by atoms with Crippen LogP contribution in [0.5, 0.6) is 34.5 Å². The molecule has 0 heterocycles. The number of amides is 2. The van der Waals surface area contributed by atoms with E-state index >= 15 is 0 Å². The maximum Gasteiger partial charge on any atom is 0.255 e. The van der Waals surface area contributed by atoms with Crippen LogP contribution in [0.4, 0.5) is 11.4 Å². The van der Waals surface area contributed by atoms with Crippen LogP contribution >= 0.6 is 0 Å². The predicted octanol–water partition coefficient (Wildman–Crippen LogP) is 4.09. The molecule has 0 unspecified atom stereocenters. The second-order valence-corrected chi connectivity index (χ2v) is 7.79. The van der Waals surface area contributed by atoms with Gasteiger partial charge in [-0.1, -0.05) is 24.3 Å². The van der Waals surface area contributed by atoms with Gasteiger partial charge in [0.25, 0.3) is 11.8 Å². The number of nitrogens with one attached hydrogen (secondary N) is 2. The van der Waals surface area contributed by atoms with Crippen molar-refractivity contribution in [2.24, 2.45) is 0 Å². The molecule has 2 amide bonds. The van der Waals surface area contributed by atoms with Crippen molar-refractivity contribution in [2.45, 2.75) is 0 Å². The standard InChI is InChI=1S/C26H20N2O8/c29-19-9-15(10-20(30)23(19)33)25(35)27-17-5-1-13(2-6-17)14-3-7-18(8-4-14)28-26(36)16-11-21(31)24(34)22(32)12-16/h1-12,29-34H,(H,27,35)(H,28,36). The topological polar surface area (TPSA) is 180 Å². The normalized spacial score (nSPS) is 10.6. The van der Waals surface area contributed by atoms with E-state index in [4.69, 9.17) is 0 Å². The molecule has 8 N–H and O–H groups in total. The van der Waals surface area contributed by atoms with Gasteiger partial charge < -0.3 is 41.3 Å². The number of hydrogen-bond acceptors (Lipinski definition) is 8. The molecule has 0 aromatic heterocycles. The molecule has 0 saturated carbocycles.